The molecule has 10 heavy (non-hydrogen) atoms. The number of hydrogen-bond acceptors (Lipinski definition) is 2. The van der Waals surface area contributed by atoms with E-state index in [1.165, 1.54) is 25.7 Å². The monoisotopic (exact) mass is 143 g/mol. The molecule has 0 aromatic heterocycles. The molecule has 1 aliphatic rings. The van der Waals surface area contributed by atoms with Crippen molar-refractivity contribution in [3.63, 3.8) is 0 Å². The van der Waals surface area contributed by atoms with Crippen molar-refractivity contribution in [2.24, 2.45) is 5.73 Å². The fourth-order valence-corrected chi connectivity index (χ4v) is 1.34. The largest absolute Gasteiger partial charge is 0.377 e. The molecule has 0 bridgehead atoms. The van der Waals surface area contributed by atoms with Gasteiger partial charge in [-0.25, -0.2) is 0 Å². The summed E-state index contributed by atoms with van der Waals surface area (Å²) in [6.45, 7) is 2.71. The molecule has 0 aromatic rings. The maximum atomic E-state index is 5.55. The molecule has 1 saturated carbocycles. The number of ether oxygens (including phenoxy) is 1. The zero-order chi connectivity index (χ0) is 7.40. The molecule has 2 nitrogen and oxygen atoms in total. The quantitative estimate of drug-likeness (QED) is 0.646. The maximum absolute atomic E-state index is 5.55. The summed E-state index contributed by atoms with van der Waals surface area (Å²) in [7, 11) is 0. The molecule has 1 atom stereocenters. The van der Waals surface area contributed by atoms with Crippen LogP contribution in [0.3, 0.4) is 0 Å². The van der Waals surface area contributed by atoms with Crippen LogP contribution in [-0.2, 0) is 4.74 Å². The Morgan fingerprint density at radius 1 is 1.50 bits per heavy atom. The van der Waals surface area contributed by atoms with Crippen molar-refractivity contribution in [3.05, 3.63) is 0 Å². The zero-order valence-electron chi connectivity index (χ0n) is 6.68. The molecule has 1 aliphatic carbocycles. The molecule has 2 heteroatoms. The van der Waals surface area contributed by atoms with E-state index in [2.05, 4.69) is 0 Å². The molecular formula is C8H17NO. The highest BCUT2D eigenvalue weighted by atomic mass is 16.5. The van der Waals surface area contributed by atoms with Gasteiger partial charge in [-0.15, -0.1) is 0 Å². The highest BCUT2D eigenvalue weighted by molar-refractivity contribution is 4.67. The summed E-state index contributed by atoms with van der Waals surface area (Å²) in [4.78, 5) is 0. The second-order valence-corrected chi connectivity index (χ2v) is 3.22. The average molecular weight is 143 g/mol. The Morgan fingerprint density at radius 3 is 2.60 bits per heavy atom. The maximum Gasteiger partial charge on any atom is 0.0618 e. The summed E-state index contributed by atoms with van der Waals surface area (Å²) < 4.78 is 5.54. The lowest BCUT2D eigenvalue weighted by atomic mass is 10.3. The summed E-state index contributed by atoms with van der Waals surface area (Å²) in [5.74, 6) is 0. The minimum atomic E-state index is 0.195. The summed E-state index contributed by atoms with van der Waals surface area (Å²) in [6.07, 6.45) is 5.68. The summed E-state index contributed by atoms with van der Waals surface area (Å²) in [5, 5.41) is 0. The first-order chi connectivity index (χ1) is 4.79. The van der Waals surface area contributed by atoms with Crippen LogP contribution in [0.4, 0.5) is 0 Å². The topological polar surface area (TPSA) is 35.2 Å². The molecule has 0 saturated heterocycles. The van der Waals surface area contributed by atoms with Gasteiger partial charge < -0.3 is 10.5 Å². The van der Waals surface area contributed by atoms with Crippen molar-refractivity contribution in [1.29, 1.82) is 0 Å². The first-order valence-corrected chi connectivity index (χ1v) is 4.16. The fraction of sp³-hybridized carbons (Fsp3) is 1.00. The second kappa shape index (κ2) is 3.94. The molecule has 0 amide bonds. The summed E-state index contributed by atoms with van der Waals surface area (Å²) in [6, 6.07) is 0.195. The predicted molar refractivity (Wildman–Crippen MR) is 41.9 cm³/mol. The van der Waals surface area contributed by atoms with Crippen LogP contribution in [0.15, 0.2) is 0 Å². The van der Waals surface area contributed by atoms with Gasteiger partial charge in [-0.3, -0.25) is 0 Å². The van der Waals surface area contributed by atoms with Gasteiger partial charge in [0, 0.05) is 6.04 Å². The van der Waals surface area contributed by atoms with Gasteiger partial charge in [0.25, 0.3) is 0 Å². The van der Waals surface area contributed by atoms with Crippen molar-refractivity contribution in [1.82, 2.24) is 0 Å². The van der Waals surface area contributed by atoms with Gasteiger partial charge in [-0.05, 0) is 19.8 Å². The van der Waals surface area contributed by atoms with Crippen LogP contribution < -0.4 is 5.73 Å². The molecule has 60 valence electrons. The van der Waals surface area contributed by atoms with E-state index < -0.39 is 0 Å². The fourth-order valence-electron chi connectivity index (χ4n) is 1.34. The van der Waals surface area contributed by atoms with Crippen molar-refractivity contribution in [3.8, 4) is 0 Å². The first kappa shape index (κ1) is 8.02. The summed E-state index contributed by atoms with van der Waals surface area (Å²) >= 11 is 0. The van der Waals surface area contributed by atoms with Crippen LogP contribution in [-0.4, -0.2) is 18.8 Å². The van der Waals surface area contributed by atoms with Gasteiger partial charge in [0.1, 0.15) is 0 Å². The number of rotatable bonds is 3. The molecule has 2 N–H and O–H groups in total. The first-order valence-electron chi connectivity index (χ1n) is 4.16. The molecular weight excluding hydrogens is 126 g/mol. The lowest BCUT2D eigenvalue weighted by Crippen LogP contribution is -2.24. The van der Waals surface area contributed by atoms with E-state index in [9.17, 15) is 0 Å². The van der Waals surface area contributed by atoms with Gasteiger partial charge in [0.15, 0.2) is 0 Å². The molecule has 0 radical (unpaired) electrons. The Balaban J connectivity index is 2.01. The Morgan fingerprint density at radius 2 is 2.10 bits per heavy atom. The molecule has 0 unspecified atom stereocenters. The lowest BCUT2D eigenvalue weighted by molar-refractivity contribution is 0.0516. The standard InChI is InChI=1S/C8H17NO/c1-7(9)6-10-8-4-2-3-5-8/h7-8H,2-6,9H2,1H3/t7-/m1/s1. The van der Waals surface area contributed by atoms with E-state index in [4.69, 9.17) is 10.5 Å². The Kier molecular flexibility index (Phi) is 3.16. The highest BCUT2D eigenvalue weighted by Crippen LogP contribution is 2.20. The van der Waals surface area contributed by atoms with Crippen LogP contribution in [0.2, 0.25) is 0 Å². The highest BCUT2D eigenvalue weighted by Gasteiger charge is 2.15. The van der Waals surface area contributed by atoms with Crippen LogP contribution in [0.5, 0.6) is 0 Å². The third kappa shape index (κ3) is 2.67. The Labute approximate surface area is 62.7 Å². The van der Waals surface area contributed by atoms with E-state index >= 15 is 0 Å². The third-order valence-corrected chi connectivity index (χ3v) is 1.90. The van der Waals surface area contributed by atoms with Crippen LogP contribution in [0, 0.1) is 0 Å². The lowest BCUT2D eigenvalue weighted by Gasteiger charge is -2.12. The SMILES string of the molecule is C[C@@H](N)COC1CCCC1. The third-order valence-electron chi connectivity index (χ3n) is 1.90. The molecule has 0 aromatic carbocycles. The predicted octanol–water partition coefficient (Wildman–Crippen LogP) is 1.29. The van der Waals surface area contributed by atoms with Crippen molar-refractivity contribution >= 4 is 0 Å². The van der Waals surface area contributed by atoms with Crippen LogP contribution in [0.1, 0.15) is 32.6 Å². The smallest absolute Gasteiger partial charge is 0.0618 e. The molecule has 1 rings (SSSR count). The van der Waals surface area contributed by atoms with Gasteiger partial charge in [-0.2, -0.15) is 0 Å². The Bertz CT molecular complexity index is 87.3. The zero-order valence-corrected chi connectivity index (χ0v) is 6.68. The summed E-state index contributed by atoms with van der Waals surface area (Å²) in [5.41, 5.74) is 5.55. The van der Waals surface area contributed by atoms with E-state index in [-0.39, 0.29) is 6.04 Å². The van der Waals surface area contributed by atoms with Crippen molar-refractivity contribution < 1.29 is 4.74 Å². The van der Waals surface area contributed by atoms with Crippen LogP contribution >= 0.6 is 0 Å². The second-order valence-electron chi connectivity index (χ2n) is 3.22. The molecule has 0 aliphatic heterocycles. The van der Waals surface area contributed by atoms with Gasteiger partial charge in [-0.1, -0.05) is 12.8 Å². The van der Waals surface area contributed by atoms with Crippen molar-refractivity contribution in [2.75, 3.05) is 6.61 Å². The Hall–Kier alpha value is -0.0800. The van der Waals surface area contributed by atoms with Gasteiger partial charge >= 0.3 is 0 Å². The number of hydrogen-bond donors (Lipinski definition) is 1. The van der Waals surface area contributed by atoms with E-state index in [0.717, 1.165) is 6.61 Å². The number of nitrogens with two attached hydrogens (primary N) is 1. The van der Waals surface area contributed by atoms with E-state index in [1.54, 1.807) is 0 Å². The van der Waals surface area contributed by atoms with Crippen molar-refractivity contribution in [2.45, 2.75) is 44.8 Å². The molecule has 1 fully saturated rings. The molecule has 0 spiro atoms. The van der Waals surface area contributed by atoms with Gasteiger partial charge in [0.2, 0.25) is 0 Å². The average Bonchev–Trinajstić information content (AvgIpc) is 2.34. The molecule has 0 heterocycles. The van der Waals surface area contributed by atoms with Gasteiger partial charge in [0.05, 0.1) is 12.7 Å². The minimum Gasteiger partial charge on any atom is -0.377 e. The van der Waals surface area contributed by atoms with E-state index in [1.807, 2.05) is 6.92 Å². The normalized spacial score (nSPS) is 23.4. The van der Waals surface area contributed by atoms with Crippen LogP contribution in [0.25, 0.3) is 0 Å². The minimum absolute atomic E-state index is 0.195. The van der Waals surface area contributed by atoms with E-state index in [0.29, 0.717) is 6.10 Å².